The van der Waals surface area contributed by atoms with Gasteiger partial charge in [0.25, 0.3) is 0 Å². The van der Waals surface area contributed by atoms with Crippen LogP contribution >= 0.6 is 0 Å². The smallest absolute Gasteiger partial charge is 0.337 e. The van der Waals surface area contributed by atoms with E-state index in [1.165, 1.54) is 11.1 Å². The molecular weight excluding hydrogens is 399 g/mol. The van der Waals surface area contributed by atoms with Gasteiger partial charge in [-0.15, -0.1) is 0 Å². The number of piperidine rings is 1. The molecule has 1 aliphatic heterocycles. The van der Waals surface area contributed by atoms with Crippen LogP contribution in [0, 0.1) is 6.92 Å². The molecule has 0 spiro atoms. The maximum atomic E-state index is 13.0. The molecular formula is C25H26F3N3. The van der Waals surface area contributed by atoms with Crippen LogP contribution in [0.2, 0.25) is 0 Å². The van der Waals surface area contributed by atoms with E-state index in [0.717, 1.165) is 56.0 Å². The highest BCUT2D eigenvalue weighted by Crippen LogP contribution is 2.35. The third kappa shape index (κ3) is 5.25. The standard InChI is InChI=1S/C25H26F3N3/c1-19-4-2-5-20(16-19)18-30-14-11-23(12-15-30)31(24-6-3-13-29-17-24)22-9-7-21(8-10-22)25(26,27)28/h2-10,13,16-17,23H,11-12,14-15,18H2,1H3. The fourth-order valence-electron chi connectivity index (χ4n) is 4.28. The van der Waals surface area contributed by atoms with Crippen molar-refractivity contribution in [3.8, 4) is 0 Å². The highest BCUT2D eigenvalue weighted by atomic mass is 19.4. The molecule has 1 fully saturated rings. The largest absolute Gasteiger partial charge is 0.416 e. The Balaban J connectivity index is 1.51. The fraction of sp³-hybridized carbons (Fsp3) is 0.320. The van der Waals surface area contributed by atoms with Gasteiger partial charge < -0.3 is 4.90 Å². The zero-order valence-corrected chi connectivity index (χ0v) is 17.5. The van der Waals surface area contributed by atoms with E-state index in [-0.39, 0.29) is 6.04 Å². The lowest BCUT2D eigenvalue weighted by Crippen LogP contribution is -2.43. The molecule has 0 N–H and O–H groups in total. The number of hydrogen-bond donors (Lipinski definition) is 0. The van der Waals surface area contributed by atoms with E-state index in [4.69, 9.17) is 0 Å². The third-order valence-corrected chi connectivity index (χ3v) is 5.81. The number of hydrogen-bond acceptors (Lipinski definition) is 3. The van der Waals surface area contributed by atoms with Gasteiger partial charge in [-0.2, -0.15) is 13.2 Å². The van der Waals surface area contributed by atoms with Crippen LogP contribution in [0.25, 0.3) is 0 Å². The van der Waals surface area contributed by atoms with Crippen molar-refractivity contribution < 1.29 is 13.2 Å². The van der Waals surface area contributed by atoms with Crippen molar-refractivity contribution in [2.45, 2.75) is 38.5 Å². The molecule has 3 nitrogen and oxygen atoms in total. The number of aromatic nitrogens is 1. The topological polar surface area (TPSA) is 19.4 Å². The van der Waals surface area contributed by atoms with Crippen molar-refractivity contribution in [3.05, 3.63) is 89.7 Å². The second-order valence-corrected chi connectivity index (χ2v) is 8.12. The summed E-state index contributed by atoms with van der Waals surface area (Å²) in [5.41, 5.74) is 3.61. The lowest BCUT2D eigenvalue weighted by molar-refractivity contribution is -0.137. The Morgan fingerprint density at radius 2 is 1.71 bits per heavy atom. The average molecular weight is 425 g/mol. The van der Waals surface area contributed by atoms with Gasteiger partial charge >= 0.3 is 6.18 Å². The molecule has 0 saturated carbocycles. The molecule has 2 heterocycles. The first-order valence-corrected chi connectivity index (χ1v) is 10.5. The minimum atomic E-state index is -4.33. The van der Waals surface area contributed by atoms with Crippen LogP contribution in [0.4, 0.5) is 24.5 Å². The molecule has 6 heteroatoms. The molecule has 0 unspecified atom stereocenters. The molecule has 31 heavy (non-hydrogen) atoms. The van der Waals surface area contributed by atoms with Crippen LogP contribution in [0.3, 0.4) is 0 Å². The van der Waals surface area contributed by atoms with Crippen molar-refractivity contribution >= 4 is 11.4 Å². The zero-order valence-electron chi connectivity index (χ0n) is 17.5. The number of rotatable bonds is 5. The first kappa shape index (κ1) is 21.4. The monoisotopic (exact) mass is 425 g/mol. The van der Waals surface area contributed by atoms with Crippen LogP contribution in [0.1, 0.15) is 29.5 Å². The van der Waals surface area contributed by atoms with Crippen LogP contribution < -0.4 is 4.90 Å². The molecule has 3 aromatic rings. The van der Waals surface area contributed by atoms with Crippen molar-refractivity contribution in [3.63, 3.8) is 0 Å². The molecule has 0 atom stereocenters. The number of aryl methyl sites for hydroxylation is 1. The van der Waals surface area contributed by atoms with Gasteiger partial charge in [0, 0.05) is 37.6 Å². The molecule has 1 aliphatic rings. The number of alkyl halides is 3. The Morgan fingerprint density at radius 3 is 2.32 bits per heavy atom. The highest BCUT2D eigenvalue weighted by molar-refractivity contribution is 5.63. The number of halogens is 3. The second kappa shape index (κ2) is 9.10. The predicted octanol–water partition coefficient (Wildman–Crippen LogP) is 6.21. The highest BCUT2D eigenvalue weighted by Gasteiger charge is 2.31. The Kier molecular flexibility index (Phi) is 6.28. The van der Waals surface area contributed by atoms with Crippen molar-refractivity contribution in [2.24, 2.45) is 0 Å². The molecule has 162 valence electrons. The quantitative estimate of drug-likeness (QED) is 0.484. The van der Waals surface area contributed by atoms with Gasteiger partial charge in [0.1, 0.15) is 0 Å². The lowest BCUT2D eigenvalue weighted by Gasteiger charge is -2.40. The molecule has 1 saturated heterocycles. The summed E-state index contributed by atoms with van der Waals surface area (Å²) in [5.74, 6) is 0. The van der Waals surface area contributed by atoms with Crippen molar-refractivity contribution in [1.29, 1.82) is 0 Å². The molecule has 1 aromatic heterocycles. The van der Waals surface area contributed by atoms with Gasteiger partial charge in [0.2, 0.25) is 0 Å². The van der Waals surface area contributed by atoms with E-state index < -0.39 is 11.7 Å². The van der Waals surface area contributed by atoms with Crippen LogP contribution in [0.5, 0.6) is 0 Å². The lowest BCUT2D eigenvalue weighted by atomic mass is 10.00. The maximum Gasteiger partial charge on any atom is 0.416 e. The van der Waals surface area contributed by atoms with Gasteiger partial charge in [0.05, 0.1) is 17.4 Å². The average Bonchev–Trinajstić information content (AvgIpc) is 2.76. The predicted molar refractivity (Wildman–Crippen MR) is 117 cm³/mol. The van der Waals surface area contributed by atoms with E-state index in [9.17, 15) is 13.2 Å². The van der Waals surface area contributed by atoms with Crippen LogP contribution in [0.15, 0.2) is 73.1 Å². The minimum absolute atomic E-state index is 0.203. The van der Waals surface area contributed by atoms with Crippen molar-refractivity contribution in [2.75, 3.05) is 18.0 Å². The van der Waals surface area contributed by atoms with E-state index in [0.29, 0.717) is 0 Å². The number of anilines is 2. The van der Waals surface area contributed by atoms with Gasteiger partial charge in [-0.1, -0.05) is 29.8 Å². The minimum Gasteiger partial charge on any atom is -0.337 e. The Bertz CT molecular complexity index is 979. The summed E-state index contributed by atoms with van der Waals surface area (Å²) < 4.78 is 39.0. The van der Waals surface area contributed by atoms with E-state index in [2.05, 4.69) is 46.0 Å². The maximum absolute atomic E-state index is 13.0. The summed E-state index contributed by atoms with van der Waals surface area (Å²) in [7, 11) is 0. The summed E-state index contributed by atoms with van der Waals surface area (Å²) in [6.45, 7) is 4.90. The third-order valence-electron chi connectivity index (χ3n) is 5.81. The summed E-state index contributed by atoms with van der Waals surface area (Å²) >= 11 is 0. The van der Waals surface area contributed by atoms with E-state index in [1.54, 1.807) is 24.5 Å². The SMILES string of the molecule is Cc1cccc(CN2CCC(N(c3ccc(C(F)(F)F)cc3)c3cccnc3)CC2)c1. The first-order valence-electron chi connectivity index (χ1n) is 10.5. The number of nitrogens with zero attached hydrogens (tertiary/aromatic N) is 3. The molecule has 0 amide bonds. The van der Waals surface area contributed by atoms with Gasteiger partial charge in [-0.05, 0) is 61.7 Å². The summed E-state index contributed by atoms with van der Waals surface area (Å²) in [6, 6.07) is 18.0. The summed E-state index contributed by atoms with van der Waals surface area (Å²) in [4.78, 5) is 8.81. The summed E-state index contributed by atoms with van der Waals surface area (Å²) in [5, 5.41) is 0. The van der Waals surface area contributed by atoms with Crippen LogP contribution in [-0.4, -0.2) is 29.0 Å². The second-order valence-electron chi connectivity index (χ2n) is 8.12. The Labute approximate surface area is 181 Å². The number of pyridine rings is 1. The van der Waals surface area contributed by atoms with Crippen LogP contribution in [-0.2, 0) is 12.7 Å². The van der Waals surface area contributed by atoms with Crippen molar-refractivity contribution in [1.82, 2.24) is 9.88 Å². The summed E-state index contributed by atoms with van der Waals surface area (Å²) in [6.07, 6.45) is 1.01. The van der Waals surface area contributed by atoms with Gasteiger partial charge in [0.15, 0.2) is 0 Å². The fourth-order valence-corrected chi connectivity index (χ4v) is 4.28. The molecule has 0 bridgehead atoms. The molecule has 4 rings (SSSR count). The van der Waals surface area contributed by atoms with Gasteiger partial charge in [-0.3, -0.25) is 9.88 Å². The zero-order chi connectivity index (χ0) is 21.8. The van der Waals surface area contributed by atoms with E-state index in [1.807, 2.05) is 12.1 Å². The number of likely N-dealkylation sites (tertiary alicyclic amines) is 1. The Hall–Kier alpha value is -2.86. The first-order chi connectivity index (χ1) is 14.9. The normalized spacial score (nSPS) is 15.7. The molecule has 0 radical (unpaired) electrons. The Morgan fingerprint density at radius 1 is 0.968 bits per heavy atom. The molecule has 0 aliphatic carbocycles. The molecule has 2 aromatic carbocycles. The van der Waals surface area contributed by atoms with E-state index >= 15 is 0 Å². The van der Waals surface area contributed by atoms with Gasteiger partial charge in [-0.25, -0.2) is 0 Å². The number of benzene rings is 2.